The maximum absolute atomic E-state index is 13.6. The van der Waals surface area contributed by atoms with Crippen molar-refractivity contribution in [3.8, 4) is 0 Å². The van der Waals surface area contributed by atoms with Gasteiger partial charge in [0.1, 0.15) is 5.82 Å². The van der Waals surface area contributed by atoms with Crippen LogP contribution in [-0.2, 0) is 14.8 Å². The fraction of sp³-hybridized carbons (Fsp3) is 0.500. The average Bonchev–Trinajstić information content (AvgIpc) is 2.44. The Kier molecular flexibility index (Phi) is 9.17. The first-order valence-corrected chi connectivity index (χ1v) is 7.91. The number of ether oxygens (including phenoxy) is 1. The maximum Gasteiger partial charge on any atom is 0.276 e. The van der Waals surface area contributed by atoms with E-state index in [1.165, 1.54) is 6.92 Å². The van der Waals surface area contributed by atoms with E-state index in [0.29, 0.717) is 19.7 Å². The van der Waals surface area contributed by atoms with E-state index in [-0.39, 0.29) is 24.5 Å². The Balaban J connectivity index is 0.00000484. The minimum absolute atomic E-state index is 0. The van der Waals surface area contributed by atoms with Crippen LogP contribution in [0, 0.1) is 22.9 Å². The van der Waals surface area contributed by atoms with Crippen LogP contribution >= 0.6 is 12.4 Å². The fourth-order valence-corrected chi connectivity index (χ4v) is 2.70. The lowest BCUT2D eigenvalue weighted by Crippen LogP contribution is -2.33. The molecule has 2 N–H and O–H groups in total. The third-order valence-corrected chi connectivity index (χ3v) is 4.31. The summed E-state index contributed by atoms with van der Waals surface area (Å²) in [5.41, 5.74) is -0.774. The normalized spacial score (nSPS) is 11.1. The standard InChI is InChI=1S/C12H18FN3O5S.ClH/c1-9-11(13)7-10(8-12(9)16(17)18)22(19,20)15-4-3-14-5-6-21-2;/h7-8,14-15H,3-6H2,1-2H3;1H. The second-order valence-electron chi connectivity index (χ2n) is 4.45. The third kappa shape index (κ3) is 6.36. The summed E-state index contributed by atoms with van der Waals surface area (Å²) in [5.74, 6) is -0.937. The lowest BCUT2D eigenvalue weighted by molar-refractivity contribution is -0.385. The van der Waals surface area contributed by atoms with Crippen LogP contribution in [0.25, 0.3) is 0 Å². The predicted molar refractivity (Wildman–Crippen MR) is 85.0 cm³/mol. The summed E-state index contributed by atoms with van der Waals surface area (Å²) in [6.07, 6.45) is 0. The van der Waals surface area contributed by atoms with Crippen molar-refractivity contribution < 1.29 is 22.5 Å². The van der Waals surface area contributed by atoms with Gasteiger partial charge in [-0.1, -0.05) is 0 Å². The summed E-state index contributed by atoms with van der Waals surface area (Å²) in [6.45, 7) is 2.68. The summed E-state index contributed by atoms with van der Waals surface area (Å²) in [4.78, 5) is 9.53. The lowest BCUT2D eigenvalue weighted by Gasteiger charge is -2.09. The van der Waals surface area contributed by atoms with E-state index < -0.39 is 31.3 Å². The van der Waals surface area contributed by atoms with E-state index in [1.54, 1.807) is 7.11 Å². The highest BCUT2D eigenvalue weighted by Crippen LogP contribution is 2.25. The minimum Gasteiger partial charge on any atom is -0.383 e. The van der Waals surface area contributed by atoms with Gasteiger partial charge in [0.05, 0.1) is 22.0 Å². The zero-order chi connectivity index (χ0) is 16.8. The molecule has 0 aliphatic heterocycles. The molecule has 0 saturated heterocycles. The van der Waals surface area contributed by atoms with E-state index in [0.717, 1.165) is 12.1 Å². The van der Waals surface area contributed by atoms with Crippen LogP contribution in [0.5, 0.6) is 0 Å². The van der Waals surface area contributed by atoms with Crippen LogP contribution in [0.2, 0.25) is 0 Å². The molecule has 23 heavy (non-hydrogen) atoms. The topological polar surface area (TPSA) is 111 Å². The van der Waals surface area contributed by atoms with Crippen molar-refractivity contribution in [2.24, 2.45) is 0 Å². The molecule has 0 spiro atoms. The molecule has 1 aromatic rings. The van der Waals surface area contributed by atoms with Gasteiger partial charge in [-0.25, -0.2) is 17.5 Å². The molecule has 0 atom stereocenters. The van der Waals surface area contributed by atoms with E-state index in [2.05, 4.69) is 10.0 Å². The van der Waals surface area contributed by atoms with E-state index in [9.17, 15) is 22.9 Å². The molecule has 0 heterocycles. The summed E-state index contributed by atoms with van der Waals surface area (Å²) in [7, 11) is -2.47. The Morgan fingerprint density at radius 3 is 2.52 bits per heavy atom. The number of hydrogen-bond acceptors (Lipinski definition) is 6. The van der Waals surface area contributed by atoms with E-state index >= 15 is 0 Å². The number of nitrogens with zero attached hydrogens (tertiary/aromatic N) is 1. The maximum atomic E-state index is 13.6. The van der Waals surface area contributed by atoms with Crippen LogP contribution in [-0.4, -0.2) is 46.7 Å². The van der Waals surface area contributed by atoms with Gasteiger partial charge < -0.3 is 10.1 Å². The highest BCUT2D eigenvalue weighted by Gasteiger charge is 2.22. The van der Waals surface area contributed by atoms with Gasteiger partial charge in [0.2, 0.25) is 10.0 Å². The molecule has 0 amide bonds. The van der Waals surface area contributed by atoms with Crippen LogP contribution < -0.4 is 10.0 Å². The molecule has 0 aliphatic rings. The Bertz CT molecular complexity index is 642. The Morgan fingerprint density at radius 2 is 1.96 bits per heavy atom. The number of rotatable bonds is 9. The average molecular weight is 372 g/mol. The molecule has 11 heteroatoms. The van der Waals surface area contributed by atoms with Gasteiger partial charge in [-0.05, 0) is 13.0 Å². The smallest absolute Gasteiger partial charge is 0.276 e. The number of sulfonamides is 1. The number of benzene rings is 1. The predicted octanol–water partition coefficient (Wildman–Crippen LogP) is 0.978. The van der Waals surface area contributed by atoms with Crippen LogP contribution in [0.15, 0.2) is 17.0 Å². The summed E-state index contributed by atoms with van der Waals surface area (Å²) in [6, 6.07) is 1.61. The summed E-state index contributed by atoms with van der Waals surface area (Å²) < 4.78 is 44.7. The first-order valence-electron chi connectivity index (χ1n) is 6.43. The zero-order valence-corrected chi connectivity index (χ0v) is 14.3. The van der Waals surface area contributed by atoms with Crippen molar-refractivity contribution >= 4 is 28.1 Å². The van der Waals surface area contributed by atoms with Crippen molar-refractivity contribution in [2.45, 2.75) is 11.8 Å². The quantitative estimate of drug-likeness (QED) is 0.380. The Morgan fingerprint density at radius 1 is 1.30 bits per heavy atom. The molecular formula is C12H19ClFN3O5S. The molecule has 0 bridgehead atoms. The highest BCUT2D eigenvalue weighted by molar-refractivity contribution is 7.89. The van der Waals surface area contributed by atoms with Gasteiger partial charge in [-0.15, -0.1) is 12.4 Å². The van der Waals surface area contributed by atoms with E-state index in [1.807, 2.05) is 0 Å². The summed E-state index contributed by atoms with van der Waals surface area (Å²) >= 11 is 0. The van der Waals surface area contributed by atoms with Crippen LogP contribution in [0.1, 0.15) is 5.56 Å². The van der Waals surface area contributed by atoms with Gasteiger partial charge in [-0.2, -0.15) is 0 Å². The number of nitro benzene ring substituents is 1. The number of hydrogen-bond donors (Lipinski definition) is 2. The molecule has 0 radical (unpaired) electrons. The summed E-state index contributed by atoms with van der Waals surface area (Å²) in [5, 5.41) is 13.7. The first-order chi connectivity index (χ1) is 10.3. The van der Waals surface area contributed by atoms with Crippen LogP contribution in [0.4, 0.5) is 10.1 Å². The zero-order valence-electron chi connectivity index (χ0n) is 12.7. The largest absolute Gasteiger partial charge is 0.383 e. The Labute approximate surface area is 140 Å². The third-order valence-electron chi connectivity index (χ3n) is 2.87. The SMILES string of the molecule is COCCNCCNS(=O)(=O)c1cc(F)c(C)c([N+](=O)[O-])c1.Cl. The molecular weight excluding hydrogens is 353 g/mol. The van der Waals surface area contributed by atoms with Gasteiger partial charge >= 0.3 is 0 Å². The second-order valence-corrected chi connectivity index (χ2v) is 6.21. The van der Waals surface area contributed by atoms with Crippen molar-refractivity contribution in [3.05, 3.63) is 33.6 Å². The molecule has 0 aliphatic carbocycles. The van der Waals surface area contributed by atoms with Gasteiger partial charge in [-0.3, -0.25) is 10.1 Å². The Hall–Kier alpha value is -1.33. The second kappa shape index (κ2) is 9.73. The van der Waals surface area contributed by atoms with Crippen LogP contribution in [0.3, 0.4) is 0 Å². The van der Waals surface area contributed by atoms with Crippen molar-refractivity contribution in [1.29, 1.82) is 0 Å². The molecule has 1 aromatic carbocycles. The number of methoxy groups -OCH3 is 1. The number of halogens is 2. The molecule has 1 rings (SSSR count). The number of nitro groups is 1. The highest BCUT2D eigenvalue weighted by atomic mass is 35.5. The molecule has 0 aromatic heterocycles. The van der Waals surface area contributed by atoms with Gasteiger partial charge in [0.15, 0.2) is 0 Å². The molecule has 0 saturated carbocycles. The van der Waals surface area contributed by atoms with Crippen molar-refractivity contribution in [3.63, 3.8) is 0 Å². The van der Waals surface area contributed by atoms with Crippen molar-refractivity contribution in [1.82, 2.24) is 10.0 Å². The minimum atomic E-state index is -4.01. The van der Waals surface area contributed by atoms with E-state index in [4.69, 9.17) is 4.74 Å². The fourth-order valence-electron chi connectivity index (χ4n) is 1.64. The number of nitrogens with one attached hydrogen (secondary N) is 2. The van der Waals surface area contributed by atoms with Gasteiger partial charge in [0.25, 0.3) is 5.69 Å². The molecule has 8 nitrogen and oxygen atoms in total. The first kappa shape index (κ1) is 21.7. The van der Waals surface area contributed by atoms with Crippen molar-refractivity contribution in [2.75, 3.05) is 33.4 Å². The molecule has 0 fully saturated rings. The monoisotopic (exact) mass is 371 g/mol. The lowest BCUT2D eigenvalue weighted by atomic mass is 10.2. The molecule has 0 unspecified atom stereocenters. The molecule has 132 valence electrons. The van der Waals surface area contributed by atoms with Gasteiger partial charge in [0, 0.05) is 32.8 Å².